The van der Waals surface area contributed by atoms with Gasteiger partial charge in [0.25, 0.3) is 5.91 Å². The van der Waals surface area contributed by atoms with Gasteiger partial charge in [-0.3, -0.25) is 14.7 Å². The Hall–Kier alpha value is -2.29. The molecule has 0 unspecified atom stereocenters. The highest BCUT2D eigenvalue weighted by Gasteiger charge is 2.32. The van der Waals surface area contributed by atoms with E-state index in [4.69, 9.17) is 0 Å². The predicted molar refractivity (Wildman–Crippen MR) is 114 cm³/mol. The van der Waals surface area contributed by atoms with E-state index in [1.165, 1.54) is 9.87 Å². The predicted octanol–water partition coefficient (Wildman–Crippen LogP) is 2.21. The first-order valence-corrected chi connectivity index (χ1v) is 12.0. The van der Waals surface area contributed by atoms with Crippen LogP contribution < -0.4 is 0 Å². The Morgan fingerprint density at radius 2 is 1.53 bits per heavy atom. The third-order valence-corrected chi connectivity index (χ3v) is 7.82. The number of pyridine rings is 1. The maximum absolute atomic E-state index is 13.2. The highest BCUT2D eigenvalue weighted by molar-refractivity contribution is 7.89. The maximum atomic E-state index is 13.2. The van der Waals surface area contributed by atoms with Crippen LogP contribution in [0, 0.1) is 0 Å². The number of rotatable bonds is 5. The lowest BCUT2D eigenvalue weighted by molar-refractivity contribution is 0.0624. The van der Waals surface area contributed by atoms with Crippen LogP contribution in [-0.2, 0) is 16.6 Å². The summed E-state index contributed by atoms with van der Waals surface area (Å²) < 4.78 is 27.9. The van der Waals surface area contributed by atoms with Crippen molar-refractivity contribution >= 4 is 15.9 Å². The van der Waals surface area contributed by atoms with Crippen molar-refractivity contribution in [1.82, 2.24) is 19.1 Å². The number of carbonyl (C=O) groups excluding carboxylic acids is 1. The summed E-state index contributed by atoms with van der Waals surface area (Å²) in [6.07, 6.45) is 6.36. The molecule has 0 N–H and O–H groups in total. The minimum absolute atomic E-state index is 0.135. The molecule has 4 rings (SSSR count). The minimum atomic E-state index is -3.66. The number of carbonyl (C=O) groups is 1. The average molecular weight is 429 g/mol. The van der Waals surface area contributed by atoms with Gasteiger partial charge in [-0.15, -0.1) is 0 Å². The number of hydrogen-bond acceptors (Lipinski definition) is 5. The largest absolute Gasteiger partial charge is 0.336 e. The molecule has 2 aliphatic rings. The molecule has 0 aliphatic carbocycles. The van der Waals surface area contributed by atoms with Crippen LogP contribution in [-0.4, -0.2) is 72.7 Å². The number of sulfonamides is 1. The second-order valence-corrected chi connectivity index (χ2v) is 9.79. The molecule has 1 aromatic carbocycles. The van der Waals surface area contributed by atoms with Crippen LogP contribution in [0.4, 0.5) is 0 Å². The standard InChI is InChI=1S/C22H28N4O3S/c27-22(25-16-14-24(15-17-25)18-19-8-10-23-11-9-19)20-6-2-3-7-21(20)30(28,29)26-12-4-1-5-13-26/h2-3,6-11H,1,4-5,12-18H2. The van der Waals surface area contributed by atoms with E-state index in [0.717, 1.165) is 38.9 Å². The first-order chi connectivity index (χ1) is 14.6. The summed E-state index contributed by atoms with van der Waals surface area (Å²) in [7, 11) is -3.66. The van der Waals surface area contributed by atoms with Crippen molar-refractivity contribution in [2.75, 3.05) is 39.3 Å². The van der Waals surface area contributed by atoms with E-state index in [1.807, 2.05) is 12.1 Å². The molecular weight excluding hydrogens is 400 g/mol. The summed E-state index contributed by atoms with van der Waals surface area (Å²) in [5, 5.41) is 0. The number of piperidine rings is 1. The van der Waals surface area contributed by atoms with Gasteiger partial charge in [0, 0.05) is 58.2 Å². The van der Waals surface area contributed by atoms with Crippen molar-refractivity contribution < 1.29 is 13.2 Å². The van der Waals surface area contributed by atoms with Gasteiger partial charge in [-0.2, -0.15) is 4.31 Å². The molecule has 1 aromatic heterocycles. The number of aromatic nitrogens is 1. The third-order valence-electron chi connectivity index (χ3n) is 5.87. The number of nitrogens with zero attached hydrogens (tertiary/aromatic N) is 4. The Morgan fingerprint density at radius 1 is 0.867 bits per heavy atom. The average Bonchev–Trinajstić information content (AvgIpc) is 2.80. The van der Waals surface area contributed by atoms with E-state index in [-0.39, 0.29) is 16.4 Å². The summed E-state index contributed by atoms with van der Waals surface area (Å²) in [6, 6.07) is 10.6. The lowest BCUT2D eigenvalue weighted by Crippen LogP contribution is -2.48. The molecule has 0 radical (unpaired) electrons. The first kappa shape index (κ1) is 21.0. The maximum Gasteiger partial charge on any atom is 0.255 e. The van der Waals surface area contributed by atoms with E-state index in [2.05, 4.69) is 9.88 Å². The molecule has 3 heterocycles. The molecule has 0 atom stereocenters. The monoisotopic (exact) mass is 428 g/mol. The van der Waals surface area contributed by atoms with E-state index in [9.17, 15) is 13.2 Å². The fourth-order valence-electron chi connectivity index (χ4n) is 4.14. The second kappa shape index (κ2) is 9.24. The third kappa shape index (κ3) is 4.55. The van der Waals surface area contributed by atoms with Crippen LogP contribution in [0.15, 0.2) is 53.7 Å². The van der Waals surface area contributed by atoms with Crippen LogP contribution in [0.2, 0.25) is 0 Å². The zero-order chi connectivity index (χ0) is 21.0. The van der Waals surface area contributed by atoms with Crippen molar-refractivity contribution in [2.24, 2.45) is 0 Å². The molecule has 8 heteroatoms. The summed E-state index contributed by atoms with van der Waals surface area (Å²) in [6.45, 7) is 4.57. The van der Waals surface area contributed by atoms with Crippen molar-refractivity contribution in [3.63, 3.8) is 0 Å². The molecule has 30 heavy (non-hydrogen) atoms. The smallest absolute Gasteiger partial charge is 0.255 e. The van der Waals surface area contributed by atoms with Gasteiger partial charge in [-0.05, 0) is 42.7 Å². The lowest BCUT2D eigenvalue weighted by atomic mass is 10.1. The van der Waals surface area contributed by atoms with Gasteiger partial charge >= 0.3 is 0 Å². The molecule has 0 saturated carbocycles. The van der Waals surface area contributed by atoms with Gasteiger partial charge < -0.3 is 4.90 Å². The van der Waals surface area contributed by atoms with E-state index in [0.29, 0.717) is 26.2 Å². The molecule has 2 aliphatic heterocycles. The highest BCUT2D eigenvalue weighted by atomic mass is 32.2. The van der Waals surface area contributed by atoms with Gasteiger partial charge in [0.15, 0.2) is 0 Å². The zero-order valence-electron chi connectivity index (χ0n) is 17.1. The van der Waals surface area contributed by atoms with Gasteiger partial charge in [0.2, 0.25) is 10.0 Å². The van der Waals surface area contributed by atoms with Crippen LogP contribution in [0.5, 0.6) is 0 Å². The lowest BCUT2D eigenvalue weighted by Gasteiger charge is -2.35. The van der Waals surface area contributed by atoms with Gasteiger partial charge in [0.05, 0.1) is 10.5 Å². The molecule has 0 bridgehead atoms. The van der Waals surface area contributed by atoms with Crippen LogP contribution in [0.1, 0.15) is 35.2 Å². The van der Waals surface area contributed by atoms with Crippen molar-refractivity contribution in [3.05, 3.63) is 59.9 Å². The molecule has 1 amide bonds. The Morgan fingerprint density at radius 3 is 2.23 bits per heavy atom. The molecule has 2 saturated heterocycles. The minimum Gasteiger partial charge on any atom is -0.336 e. The van der Waals surface area contributed by atoms with E-state index < -0.39 is 10.0 Å². The van der Waals surface area contributed by atoms with Crippen LogP contribution in [0.3, 0.4) is 0 Å². The van der Waals surface area contributed by atoms with Gasteiger partial charge in [-0.25, -0.2) is 8.42 Å². The zero-order valence-corrected chi connectivity index (χ0v) is 17.9. The Bertz CT molecular complexity index is 967. The normalized spacial score (nSPS) is 19.0. The number of piperazine rings is 1. The summed E-state index contributed by atoms with van der Waals surface area (Å²) in [5.74, 6) is -0.199. The van der Waals surface area contributed by atoms with Crippen molar-refractivity contribution in [1.29, 1.82) is 0 Å². The highest BCUT2D eigenvalue weighted by Crippen LogP contribution is 2.25. The van der Waals surface area contributed by atoms with E-state index >= 15 is 0 Å². The van der Waals surface area contributed by atoms with Gasteiger partial charge in [0.1, 0.15) is 0 Å². The molecule has 160 valence electrons. The van der Waals surface area contributed by atoms with Gasteiger partial charge in [-0.1, -0.05) is 18.6 Å². The SMILES string of the molecule is O=C(c1ccccc1S(=O)(=O)N1CCCCC1)N1CCN(Cc2ccncc2)CC1. The van der Waals surface area contributed by atoms with E-state index in [1.54, 1.807) is 41.6 Å². The topological polar surface area (TPSA) is 73.8 Å². The van der Waals surface area contributed by atoms with Crippen molar-refractivity contribution in [3.8, 4) is 0 Å². The fourth-order valence-corrected chi connectivity index (χ4v) is 5.84. The summed E-state index contributed by atoms with van der Waals surface area (Å²) in [5.41, 5.74) is 1.48. The van der Waals surface area contributed by atoms with Crippen LogP contribution in [0.25, 0.3) is 0 Å². The Labute approximate surface area is 178 Å². The second-order valence-electron chi connectivity index (χ2n) is 7.88. The molecular formula is C22H28N4O3S. The fraction of sp³-hybridized carbons (Fsp3) is 0.455. The Kier molecular flexibility index (Phi) is 6.46. The van der Waals surface area contributed by atoms with Crippen molar-refractivity contribution in [2.45, 2.75) is 30.7 Å². The summed E-state index contributed by atoms with van der Waals surface area (Å²) in [4.78, 5) is 21.5. The molecule has 7 nitrogen and oxygen atoms in total. The quantitative estimate of drug-likeness (QED) is 0.730. The first-order valence-electron chi connectivity index (χ1n) is 10.6. The molecule has 2 aromatic rings. The molecule has 2 fully saturated rings. The number of hydrogen-bond donors (Lipinski definition) is 0. The number of amides is 1. The number of benzene rings is 1. The van der Waals surface area contributed by atoms with Crippen LogP contribution >= 0.6 is 0 Å². The molecule has 0 spiro atoms. The Balaban J connectivity index is 1.46. The summed E-state index contributed by atoms with van der Waals surface area (Å²) >= 11 is 0.